The number of hydrogen-bond donors (Lipinski definition) is 1. The van der Waals surface area contributed by atoms with E-state index in [2.05, 4.69) is 36.2 Å². The Morgan fingerprint density at radius 1 is 1.05 bits per heavy atom. The van der Waals surface area contributed by atoms with E-state index in [0.29, 0.717) is 6.54 Å². The highest BCUT2D eigenvalue weighted by atomic mass is 16.5. The first-order valence-corrected chi connectivity index (χ1v) is 6.97. The molecule has 0 spiro atoms. The largest absolute Gasteiger partial charge is 0.494 e. The molecule has 2 aromatic carbocycles. The van der Waals surface area contributed by atoms with Crippen LogP contribution in [0.2, 0.25) is 0 Å². The van der Waals surface area contributed by atoms with E-state index in [1.807, 2.05) is 30.3 Å². The van der Waals surface area contributed by atoms with E-state index in [1.165, 1.54) is 5.69 Å². The predicted molar refractivity (Wildman–Crippen MR) is 84.2 cm³/mol. The Hall–Kier alpha value is -2.00. The number of rotatable bonds is 7. The summed E-state index contributed by atoms with van der Waals surface area (Å²) in [7, 11) is 2.10. The van der Waals surface area contributed by atoms with Crippen molar-refractivity contribution < 1.29 is 4.74 Å². The van der Waals surface area contributed by atoms with Crippen LogP contribution < -0.4 is 15.4 Å². The molecular formula is C17H22N2O. The molecule has 3 heteroatoms. The fourth-order valence-corrected chi connectivity index (χ4v) is 2.06. The topological polar surface area (TPSA) is 38.5 Å². The Morgan fingerprint density at radius 3 is 2.60 bits per heavy atom. The second kappa shape index (κ2) is 7.56. The van der Waals surface area contributed by atoms with Crippen LogP contribution in [0, 0.1) is 0 Å². The molecule has 0 aliphatic heterocycles. The second-order valence-corrected chi connectivity index (χ2v) is 4.81. The minimum absolute atomic E-state index is 0.582. The van der Waals surface area contributed by atoms with E-state index in [4.69, 9.17) is 10.5 Å². The molecule has 0 aromatic heterocycles. The minimum Gasteiger partial charge on any atom is -0.494 e. The van der Waals surface area contributed by atoms with Crippen molar-refractivity contribution >= 4 is 5.69 Å². The van der Waals surface area contributed by atoms with E-state index in [0.717, 1.165) is 30.9 Å². The van der Waals surface area contributed by atoms with Crippen LogP contribution in [0.5, 0.6) is 5.75 Å². The number of anilines is 1. The lowest BCUT2D eigenvalue weighted by molar-refractivity contribution is 0.312. The molecule has 0 amide bonds. The number of para-hydroxylation sites is 1. The van der Waals surface area contributed by atoms with Crippen LogP contribution in [0.4, 0.5) is 5.69 Å². The summed E-state index contributed by atoms with van der Waals surface area (Å²) in [6.07, 6.45) is 0.984. The predicted octanol–water partition coefficient (Wildman–Crippen LogP) is 3.05. The SMILES string of the molecule is CN(CCCOc1ccccc1)c1cccc(CN)c1. The number of nitrogens with two attached hydrogens (primary N) is 1. The van der Waals surface area contributed by atoms with Crippen LogP contribution in [0.15, 0.2) is 54.6 Å². The first-order valence-electron chi connectivity index (χ1n) is 6.97. The number of hydrogen-bond acceptors (Lipinski definition) is 3. The van der Waals surface area contributed by atoms with Crippen LogP contribution in [0.25, 0.3) is 0 Å². The molecule has 20 heavy (non-hydrogen) atoms. The molecule has 2 rings (SSSR count). The lowest BCUT2D eigenvalue weighted by Crippen LogP contribution is -2.20. The Kier molecular flexibility index (Phi) is 5.44. The molecule has 0 atom stereocenters. The van der Waals surface area contributed by atoms with Crippen molar-refractivity contribution in [2.75, 3.05) is 25.1 Å². The minimum atomic E-state index is 0.582. The van der Waals surface area contributed by atoms with Gasteiger partial charge >= 0.3 is 0 Å². The third-order valence-electron chi connectivity index (χ3n) is 3.24. The van der Waals surface area contributed by atoms with Gasteiger partial charge < -0.3 is 15.4 Å². The van der Waals surface area contributed by atoms with Crippen LogP contribution in [0.3, 0.4) is 0 Å². The quantitative estimate of drug-likeness (QED) is 0.786. The zero-order valence-corrected chi connectivity index (χ0v) is 12.0. The average Bonchev–Trinajstić information content (AvgIpc) is 2.52. The van der Waals surface area contributed by atoms with Crippen LogP contribution in [-0.4, -0.2) is 20.2 Å². The van der Waals surface area contributed by atoms with Crippen LogP contribution in [0.1, 0.15) is 12.0 Å². The molecule has 0 unspecified atom stereocenters. The maximum atomic E-state index is 5.69. The lowest BCUT2D eigenvalue weighted by Gasteiger charge is -2.20. The van der Waals surface area contributed by atoms with E-state index in [9.17, 15) is 0 Å². The Labute approximate surface area is 121 Å². The van der Waals surface area contributed by atoms with Crippen LogP contribution >= 0.6 is 0 Å². The van der Waals surface area contributed by atoms with Gasteiger partial charge in [0.15, 0.2) is 0 Å². The highest BCUT2D eigenvalue weighted by Crippen LogP contribution is 2.15. The van der Waals surface area contributed by atoms with Crippen molar-refractivity contribution in [2.45, 2.75) is 13.0 Å². The summed E-state index contributed by atoms with van der Waals surface area (Å²) in [5.41, 5.74) is 8.03. The standard InChI is InChI=1S/C17H22N2O/c1-19(16-8-5-7-15(13-16)14-18)11-6-12-20-17-9-3-2-4-10-17/h2-5,7-10,13H,6,11-12,14,18H2,1H3. The average molecular weight is 270 g/mol. The van der Waals surface area contributed by atoms with Gasteiger partial charge in [-0.2, -0.15) is 0 Å². The number of benzene rings is 2. The van der Waals surface area contributed by atoms with Gasteiger partial charge in [0, 0.05) is 25.8 Å². The van der Waals surface area contributed by atoms with E-state index in [1.54, 1.807) is 0 Å². The zero-order chi connectivity index (χ0) is 14.2. The molecule has 106 valence electrons. The zero-order valence-electron chi connectivity index (χ0n) is 12.0. The van der Waals surface area contributed by atoms with Gasteiger partial charge in [-0.3, -0.25) is 0 Å². The molecule has 2 N–H and O–H groups in total. The molecule has 0 aliphatic rings. The normalized spacial score (nSPS) is 10.3. The van der Waals surface area contributed by atoms with Crippen molar-refractivity contribution in [3.63, 3.8) is 0 Å². The third-order valence-corrected chi connectivity index (χ3v) is 3.24. The van der Waals surface area contributed by atoms with E-state index < -0.39 is 0 Å². The first kappa shape index (κ1) is 14.4. The summed E-state index contributed by atoms with van der Waals surface area (Å²) in [5.74, 6) is 0.931. The lowest BCUT2D eigenvalue weighted by atomic mass is 10.2. The Balaban J connectivity index is 1.76. The van der Waals surface area contributed by atoms with Gasteiger partial charge in [0.05, 0.1) is 6.61 Å². The molecule has 0 radical (unpaired) electrons. The monoisotopic (exact) mass is 270 g/mol. The molecule has 0 bridgehead atoms. The first-order chi connectivity index (χ1) is 9.79. The van der Waals surface area contributed by atoms with E-state index in [-0.39, 0.29) is 0 Å². The molecule has 0 saturated heterocycles. The maximum Gasteiger partial charge on any atom is 0.119 e. The summed E-state index contributed by atoms with van der Waals surface area (Å²) < 4.78 is 5.69. The second-order valence-electron chi connectivity index (χ2n) is 4.81. The van der Waals surface area contributed by atoms with Crippen molar-refractivity contribution in [3.8, 4) is 5.75 Å². The highest BCUT2D eigenvalue weighted by molar-refractivity contribution is 5.47. The summed E-state index contributed by atoms with van der Waals surface area (Å²) in [4.78, 5) is 2.23. The maximum absolute atomic E-state index is 5.69. The number of ether oxygens (including phenoxy) is 1. The Bertz CT molecular complexity index is 513. The molecule has 0 saturated carbocycles. The summed E-state index contributed by atoms with van der Waals surface area (Å²) in [5, 5.41) is 0. The molecule has 3 nitrogen and oxygen atoms in total. The fraction of sp³-hybridized carbons (Fsp3) is 0.294. The summed E-state index contributed by atoms with van der Waals surface area (Å²) in [6.45, 7) is 2.27. The van der Waals surface area contributed by atoms with Gasteiger partial charge in [-0.05, 0) is 36.2 Å². The smallest absolute Gasteiger partial charge is 0.119 e. The number of nitrogens with zero attached hydrogens (tertiary/aromatic N) is 1. The molecular weight excluding hydrogens is 248 g/mol. The highest BCUT2D eigenvalue weighted by Gasteiger charge is 2.01. The van der Waals surface area contributed by atoms with Gasteiger partial charge in [-0.15, -0.1) is 0 Å². The molecule has 0 fully saturated rings. The summed E-state index contributed by atoms with van der Waals surface area (Å²) >= 11 is 0. The Morgan fingerprint density at radius 2 is 1.85 bits per heavy atom. The third kappa shape index (κ3) is 4.28. The van der Waals surface area contributed by atoms with Gasteiger partial charge in [-0.25, -0.2) is 0 Å². The van der Waals surface area contributed by atoms with Gasteiger partial charge in [0.1, 0.15) is 5.75 Å². The van der Waals surface area contributed by atoms with Gasteiger partial charge in [-0.1, -0.05) is 30.3 Å². The summed E-state index contributed by atoms with van der Waals surface area (Å²) in [6, 6.07) is 18.3. The van der Waals surface area contributed by atoms with Gasteiger partial charge in [0.25, 0.3) is 0 Å². The van der Waals surface area contributed by atoms with Gasteiger partial charge in [0.2, 0.25) is 0 Å². The molecule has 2 aromatic rings. The molecule has 0 aliphatic carbocycles. The van der Waals surface area contributed by atoms with Crippen LogP contribution in [-0.2, 0) is 6.54 Å². The van der Waals surface area contributed by atoms with Crippen molar-refractivity contribution in [3.05, 3.63) is 60.2 Å². The van der Waals surface area contributed by atoms with Crippen molar-refractivity contribution in [2.24, 2.45) is 5.73 Å². The van der Waals surface area contributed by atoms with Crippen molar-refractivity contribution in [1.82, 2.24) is 0 Å². The fourth-order valence-electron chi connectivity index (χ4n) is 2.06. The molecule has 0 heterocycles. The van der Waals surface area contributed by atoms with Crippen molar-refractivity contribution in [1.29, 1.82) is 0 Å². The van der Waals surface area contributed by atoms with E-state index >= 15 is 0 Å².